The second-order valence-corrected chi connectivity index (χ2v) is 9.93. The molecule has 1 aliphatic heterocycles. The lowest BCUT2D eigenvalue weighted by Gasteiger charge is -2.22. The molecule has 11 heteroatoms. The zero-order chi connectivity index (χ0) is 26.3. The van der Waals surface area contributed by atoms with Crippen molar-refractivity contribution in [2.75, 3.05) is 34.1 Å². The standard InChI is InChI=1S/C26H27N3O7S/c1-33-22-11-9-21(15-24(22)34-2)37(31,32)29(13-12-19-6-4-3-5-7-19)17-26(30)28-27-16-20-8-10-23-25(14-20)36-18-35-23/h3-11,14-16H,12-13,17-18H2,1-2H3,(H,28,30)/b27-16+. The third-order valence-corrected chi connectivity index (χ3v) is 7.45. The van der Waals surface area contributed by atoms with Crippen molar-refractivity contribution in [2.24, 2.45) is 5.10 Å². The first-order valence-electron chi connectivity index (χ1n) is 11.4. The molecule has 0 aliphatic carbocycles. The molecule has 4 rings (SSSR count). The van der Waals surface area contributed by atoms with Crippen LogP contribution in [-0.4, -0.2) is 58.9 Å². The fourth-order valence-corrected chi connectivity index (χ4v) is 5.09. The average molecular weight is 526 g/mol. The summed E-state index contributed by atoms with van der Waals surface area (Å²) in [6, 6.07) is 19.0. The molecule has 0 radical (unpaired) electrons. The van der Waals surface area contributed by atoms with Crippen molar-refractivity contribution in [2.45, 2.75) is 11.3 Å². The van der Waals surface area contributed by atoms with Crippen molar-refractivity contribution in [3.8, 4) is 23.0 Å². The van der Waals surface area contributed by atoms with E-state index < -0.39 is 22.5 Å². The molecule has 1 N–H and O–H groups in total. The van der Waals surface area contributed by atoms with Gasteiger partial charge in [0.2, 0.25) is 16.8 Å². The lowest BCUT2D eigenvalue weighted by molar-refractivity contribution is -0.121. The van der Waals surface area contributed by atoms with E-state index in [4.69, 9.17) is 18.9 Å². The van der Waals surface area contributed by atoms with Gasteiger partial charge in [-0.2, -0.15) is 9.41 Å². The van der Waals surface area contributed by atoms with Crippen molar-refractivity contribution in [3.05, 3.63) is 77.9 Å². The molecule has 10 nitrogen and oxygen atoms in total. The Morgan fingerprint density at radius 1 is 1.00 bits per heavy atom. The Morgan fingerprint density at radius 3 is 2.51 bits per heavy atom. The highest BCUT2D eigenvalue weighted by Crippen LogP contribution is 2.32. The molecule has 0 atom stereocenters. The van der Waals surface area contributed by atoms with Gasteiger partial charge in [0.05, 0.1) is 31.9 Å². The van der Waals surface area contributed by atoms with E-state index in [1.165, 1.54) is 38.6 Å². The molecule has 0 saturated heterocycles. The molecule has 37 heavy (non-hydrogen) atoms. The van der Waals surface area contributed by atoms with Crippen LogP contribution in [0.2, 0.25) is 0 Å². The number of carbonyl (C=O) groups excluding carboxylic acids is 1. The minimum atomic E-state index is -4.05. The van der Waals surface area contributed by atoms with E-state index in [9.17, 15) is 13.2 Å². The zero-order valence-electron chi connectivity index (χ0n) is 20.4. The number of rotatable bonds is 11. The number of fused-ring (bicyclic) bond motifs is 1. The second-order valence-electron chi connectivity index (χ2n) is 8.00. The Labute approximate surface area is 215 Å². The SMILES string of the molecule is COc1ccc(S(=O)(=O)N(CCc2ccccc2)CC(=O)N/N=C/c2ccc3c(c2)OCO3)cc1OC. The van der Waals surface area contributed by atoms with Crippen LogP contribution in [0, 0.1) is 0 Å². The predicted octanol–water partition coefficient (Wildman–Crippen LogP) is 2.82. The third kappa shape index (κ3) is 6.38. The Bertz CT molecular complexity index is 1380. The van der Waals surface area contributed by atoms with E-state index in [2.05, 4.69) is 10.5 Å². The van der Waals surface area contributed by atoms with Gasteiger partial charge in [-0.1, -0.05) is 30.3 Å². The second kappa shape index (κ2) is 11.8. The maximum absolute atomic E-state index is 13.5. The zero-order valence-corrected chi connectivity index (χ0v) is 21.2. The van der Waals surface area contributed by atoms with Crippen LogP contribution in [0.15, 0.2) is 76.7 Å². The molecule has 1 heterocycles. The maximum atomic E-state index is 13.5. The number of methoxy groups -OCH3 is 2. The summed E-state index contributed by atoms with van der Waals surface area (Å²) in [6.45, 7) is -0.192. The number of nitrogens with zero attached hydrogens (tertiary/aromatic N) is 2. The summed E-state index contributed by atoms with van der Waals surface area (Å²) in [5, 5.41) is 3.96. The Kier molecular flexibility index (Phi) is 8.26. The van der Waals surface area contributed by atoms with Crippen LogP contribution in [0.4, 0.5) is 0 Å². The molecule has 0 aromatic heterocycles. The molecule has 0 saturated carbocycles. The van der Waals surface area contributed by atoms with Gasteiger partial charge in [-0.05, 0) is 47.9 Å². The van der Waals surface area contributed by atoms with Gasteiger partial charge < -0.3 is 18.9 Å². The lowest BCUT2D eigenvalue weighted by atomic mass is 10.1. The molecule has 1 amide bonds. The molecule has 3 aromatic carbocycles. The van der Waals surface area contributed by atoms with Crippen LogP contribution in [0.1, 0.15) is 11.1 Å². The lowest BCUT2D eigenvalue weighted by Crippen LogP contribution is -2.40. The summed E-state index contributed by atoms with van der Waals surface area (Å²) in [6.07, 6.45) is 1.86. The minimum Gasteiger partial charge on any atom is -0.493 e. The first kappa shape index (κ1) is 26.0. The fourth-order valence-electron chi connectivity index (χ4n) is 3.68. The number of ether oxygens (including phenoxy) is 4. The third-order valence-electron chi connectivity index (χ3n) is 5.60. The Morgan fingerprint density at radius 2 is 1.76 bits per heavy atom. The van der Waals surface area contributed by atoms with Crippen molar-refractivity contribution in [1.82, 2.24) is 9.73 Å². The summed E-state index contributed by atoms with van der Waals surface area (Å²) in [7, 11) is -1.16. The molecule has 0 bridgehead atoms. The first-order valence-corrected chi connectivity index (χ1v) is 12.8. The summed E-state index contributed by atoms with van der Waals surface area (Å²) in [5.41, 5.74) is 4.02. The van der Waals surface area contributed by atoms with E-state index in [-0.39, 0.29) is 24.0 Å². The number of amides is 1. The first-order chi connectivity index (χ1) is 17.9. The number of hydrogen-bond acceptors (Lipinski definition) is 8. The van der Waals surface area contributed by atoms with Crippen molar-refractivity contribution < 1.29 is 32.2 Å². The summed E-state index contributed by atoms with van der Waals surface area (Å²) < 4.78 is 49.3. The van der Waals surface area contributed by atoms with E-state index >= 15 is 0 Å². The molecule has 194 valence electrons. The topological polar surface area (TPSA) is 116 Å². The van der Waals surface area contributed by atoms with Gasteiger partial charge in [0.25, 0.3) is 5.91 Å². The van der Waals surface area contributed by atoms with Gasteiger partial charge in [0.1, 0.15) is 0 Å². The van der Waals surface area contributed by atoms with Gasteiger partial charge in [0.15, 0.2) is 23.0 Å². The van der Waals surface area contributed by atoms with Gasteiger partial charge in [-0.25, -0.2) is 13.8 Å². The maximum Gasteiger partial charge on any atom is 0.255 e. The Hall–Kier alpha value is -4.09. The molecule has 0 fully saturated rings. The van der Waals surface area contributed by atoms with Crippen LogP contribution < -0.4 is 24.4 Å². The van der Waals surface area contributed by atoms with E-state index in [0.29, 0.717) is 29.2 Å². The highest BCUT2D eigenvalue weighted by molar-refractivity contribution is 7.89. The predicted molar refractivity (Wildman–Crippen MR) is 137 cm³/mol. The van der Waals surface area contributed by atoms with Gasteiger partial charge in [-0.15, -0.1) is 0 Å². The Balaban J connectivity index is 1.50. The number of hydrogen-bond donors (Lipinski definition) is 1. The number of nitrogens with one attached hydrogen (secondary N) is 1. The van der Waals surface area contributed by atoms with Crippen molar-refractivity contribution in [3.63, 3.8) is 0 Å². The molecule has 1 aliphatic rings. The van der Waals surface area contributed by atoms with Gasteiger partial charge >= 0.3 is 0 Å². The highest BCUT2D eigenvalue weighted by Gasteiger charge is 2.27. The van der Waals surface area contributed by atoms with Crippen molar-refractivity contribution >= 4 is 22.1 Å². The van der Waals surface area contributed by atoms with E-state index in [1.807, 2.05) is 30.3 Å². The fraction of sp³-hybridized carbons (Fsp3) is 0.231. The van der Waals surface area contributed by atoms with Crippen LogP contribution in [-0.2, 0) is 21.2 Å². The molecule has 3 aromatic rings. The van der Waals surface area contributed by atoms with Crippen LogP contribution in [0.5, 0.6) is 23.0 Å². The highest BCUT2D eigenvalue weighted by atomic mass is 32.2. The largest absolute Gasteiger partial charge is 0.493 e. The van der Waals surface area contributed by atoms with E-state index in [0.717, 1.165) is 9.87 Å². The number of sulfonamides is 1. The smallest absolute Gasteiger partial charge is 0.255 e. The quantitative estimate of drug-likeness (QED) is 0.302. The number of carbonyl (C=O) groups is 1. The molecular weight excluding hydrogens is 498 g/mol. The van der Waals surface area contributed by atoms with Crippen LogP contribution in [0.3, 0.4) is 0 Å². The molecule has 0 spiro atoms. The van der Waals surface area contributed by atoms with Crippen molar-refractivity contribution in [1.29, 1.82) is 0 Å². The van der Waals surface area contributed by atoms with Crippen LogP contribution >= 0.6 is 0 Å². The number of benzene rings is 3. The van der Waals surface area contributed by atoms with Gasteiger partial charge in [0, 0.05) is 12.6 Å². The summed E-state index contributed by atoms with van der Waals surface area (Å²) >= 11 is 0. The number of hydrazone groups is 1. The van der Waals surface area contributed by atoms with E-state index in [1.54, 1.807) is 18.2 Å². The summed E-state index contributed by atoms with van der Waals surface area (Å²) in [4.78, 5) is 12.7. The average Bonchev–Trinajstić information content (AvgIpc) is 3.39. The van der Waals surface area contributed by atoms with Crippen LogP contribution in [0.25, 0.3) is 0 Å². The normalized spacial score (nSPS) is 12.6. The minimum absolute atomic E-state index is 0.0186. The van der Waals surface area contributed by atoms with Gasteiger partial charge in [-0.3, -0.25) is 4.79 Å². The molecule has 0 unspecified atom stereocenters. The monoisotopic (exact) mass is 525 g/mol. The summed E-state index contributed by atoms with van der Waals surface area (Å²) in [5.74, 6) is 1.30. The molecular formula is C26H27N3O7S.